The Balaban J connectivity index is 1.63. The number of likely N-dealkylation sites (tertiary alicyclic amines) is 1. The van der Waals surface area contributed by atoms with Crippen molar-refractivity contribution >= 4 is 45.1 Å². The molecule has 5 N–H and O–H groups in total. The van der Waals surface area contributed by atoms with Crippen molar-refractivity contribution < 1.29 is 18.3 Å². The maximum absolute atomic E-state index is 12.7. The van der Waals surface area contributed by atoms with Crippen LogP contribution < -0.4 is 21.1 Å². The third-order valence-electron chi connectivity index (χ3n) is 7.85. The summed E-state index contributed by atoms with van der Waals surface area (Å²) < 4.78 is 31.9. The number of piperidine rings is 1. The molecule has 2 aromatic rings. The molecule has 2 aliphatic rings. The molecule has 0 spiro atoms. The number of rotatable bonds is 12. The van der Waals surface area contributed by atoms with Crippen LogP contribution >= 0.6 is 11.6 Å². The zero-order chi connectivity index (χ0) is 30.4. The Bertz CT molecular complexity index is 1420. The number of hydrogen-bond acceptors (Lipinski definition) is 11. The molecular formula is C29H42ClN7O4S. The lowest BCUT2D eigenvalue weighted by molar-refractivity contribution is 0.121. The van der Waals surface area contributed by atoms with E-state index >= 15 is 0 Å². The Morgan fingerprint density at radius 3 is 2.60 bits per heavy atom. The summed E-state index contributed by atoms with van der Waals surface area (Å²) in [5.74, 6) is 1.59. The molecule has 1 saturated carbocycles. The van der Waals surface area contributed by atoms with E-state index in [9.17, 15) is 13.5 Å². The molecule has 2 heterocycles. The van der Waals surface area contributed by atoms with E-state index in [1.54, 1.807) is 13.8 Å². The van der Waals surface area contributed by atoms with Gasteiger partial charge in [-0.3, -0.25) is 4.99 Å². The number of aliphatic hydroxyl groups is 1. The topological polar surface area (TPSA) is 155 Å². The molecule has 0 unspecified atom stereocenters. The minimum Gasteiger partial charge on any atom is -0.488 e. The van der Waals surface area contributed by atoms with Gasteiger partial charge in [-0.15, -0.1) is 0 Å². The number of allylic oxidation sites excluding steroid dienone is 1. The van der Waals surface area contributed by atoms with Gasteiger partial charge in [-0.25, -0.2) is 13.4 Å². The average Bonchev–Trinajstić information content (AvgIpc) is 2.93. The first kappa shape index (κ1) is 32.0. The van der Waals surface area contributed by atoms with Crippen molar-refractivity contribution in [3.05, 3.63) is 45.2 Å². The molecule has 42 heavy (non-hydrogen) atoms. The number of nitrogens with one attached hydrogen (secondary N) is 2. The van der Waals surface area contributed by atoms with Crippen LogP contribution in [0.3, 0.4) is 0 Å². The van der Waals surface area contributed by atoms with Gasteiger partial charge in [0.25, 0.3) is 0 Å². The van der Waals surface area contributed by atoms with Crippen molar-refractivity contribution in [3.63, 3.8) is 0 Å². The number of aliphatic hydroxyl groups excluding tert-OH is 1. The van der Waals surface area contributed by atoms with Gasteiger partial charge in [0.2, 0.25) is 5.95 Å². The second-order valence-corrected chi connectivity index (χ2v) is 14.0. The maximum Gasteiger partial charge on any atom is 0.229 e. The Labute approximate surface area is 253 Å². The van der Waals surface area contributed by atoms with E-state index in [-0.39, 0.29) is 40.2 Å². The standard InChI is InChI=1S/C29H42ClN7O4S/c1-18(2)42(39,40)27(31)25(17-32-4)34-28-23(30)16-33-29(36-28)35-24-14-19(3)22(15-26(24)41-21-6-5-7-21)20-8-10-37(11-9-20)12-13-38/h14-18,20-21,38H,5-13,31H2,1-4H3,(H2,33,34,35,36). The number of anilines is 3. The largest absolute Gasteiger partial charge is 0.488 e. The minimum absolute atomic E-state index is 0.0667. The minimum atomic E-state index is -3.76. The van der Waals surface area contributed by atoms with Crippen LogP contribution in [0.2, 0.25) is 5.02 Å². The second kappa shape index (κ2) is 14.0. The average molecular weight is 620 g/mol. The number of β-amino-alcohol motifs (C(OH)–C–C–N with tert-alkyl or cyclic N) is 1. The number of ether oxygens (including phenoxy) is 1. The normalized spacial score (nSPS) is 17.8. The number of nitrogens with two attached hydrogens (primary N) is 1. The van der Waals surface area contributed by atoms with Crippen molar-refractivity contribution in [1.82, 2.24) is 14.9 Å². The molecule has 1 aliphatic heterocycles. The number of sulfone groups is 1. The van der Waals surface area contributed by atoms with Gasteiger partial charge in [0, 0.05) is 19.8 Å². The number of aromatic nitrogens is 2. The van der Waals surface area contributed by atoms with E-state index in [0.717, 1.165) is 62.2 Å². The number of aliphatic imine (C=N–C) groups is 1. The van der Waals surface area contributed by atoms with E-state index in [1.807, 2.05) is 0 Å². The predicted octanol–water partition coefficient (Wildman–Crippen LogP) is 4.35. The Morgan fingerprint density at radius 1 is 1.29 bits per heavy atom. The lowest BCUT2D eigenvalue weighted by atomic mass is 9.86. The third kappa shape index (κ3) is 7.52. The first-order valence-corrected chi connectivity index (χ1v) is 16.3. The summed E-state index contributed by atoms with van der Waals surface area (Å²) in [5.41, 5.74) is 9.26. The van der Waals surface area contributed by atoms with Gasteiger partial charge in [-0.05, 0) is 95.1 Å². The molecule has 1 aromatic carbocycles. The maximum atomic E-state index is 12.7. The van der Waals surface area contributed by atoms with Gasteiger partial charge in [-0.1, -0.05) is 11.6 Å². The summed E-state index contributed by atoms with van der Waals surface area (Å²) in [5, 5.41) is 14.6. The van der Waals surface area contributed by atoms with Crippen molar-refractivity contribution in [1.29, 1.82) is 0 Å². The highest BCUT2D eigenvalue weighted by Gasteiger charge is 2.26. The summed E-state index contributed by atoms with van der Waals surface area (Å²) in [6.07, 6.45) is 8.16. The lowest BCUT2D eigenvalue weighted by Crippen LogP contribution is -2.35. The van der Waals surface area contributed by atoms with E-state index in [4.69, 9.17) is 22.1 Å². The zero-order valence-corrected chi connectivity index (χ0v) is 26.3. The molecule has 0 amide bonds. The van der Waals surface area contributed by atoms with E-state index in [1.165, 1.54) is 25.0 Å². The zero-order valence-electron chi connectivity index (χ0n) is 24.7. The molecule has 4 rings (SSSR count). The SMILES string of the molecule is CN=CC(Nc1nc(Nc2cc(C)c(C3CCN(CCO)CC3)cc2OC2CCC2)ncc1Cl)=C(N)S(=O)(=O)C(C)C. The fourth-order valence-electron chi connectivity index (χ4n) is 5.07. The molecule has 11 nitrogen and oxygen atoms in total. The quantitative estimate of drug-likeness (QED) is 0.252. The van der Waals surface area contributed by atoms with Crippen LogP contribution in [-0.4, -0.2) is 79.2 Å². The van der Waals surface area contributed by atoms with Crippen LogP contribution in [-0.2, 0) is 9.84 Å². The number of nitrogens with zero attached hydrogens (tertiary/aromatic N) is 4. The molecule has 1 aliphatic carbocycles. The number of benzene rings is 1. The van der Waals surface area contributed by atoms with Crippen molar-refractivity contribution in [2.75, 3.05) is 43.9 Å². The molecule has 1 aromatic heterocycles. The van der Waals surface area contributed by atoms with Crippen LogP contribution in [0.4, 0.5) is 17.5 Å². The fourth-order valence-corrected chi connectivity index (χ4v) is 6.13. The van der Waals surface area contributed by atoms with Crippen LogP contribution in [0.25, 0.3) is 0 Å². The summed E-state index contributed by atoms with van der Waals surface area (Å²) in [7, 11) is -2.24. The Kier molecular flexibility index (Phi) is 10.7. The summed E-state index contributed by atoms with van der Waals surface area (Å²) in [4.78, 5) is 15.1. The van der Waals surface area contributed by atoms with Gasteiger partial charge in [0.15, 0.2) is 20.7 Å². The molecular weight excluding hydrogens is 578 g/mol. The van der Waals surface area contributed by atoms with Gasteiger partial charge in [-0.2, -0.15) is 4.98 Å². The summed E-state index contributed by atoms with van der Waals surface area (Å²) >= 11 is 6.40. The van der Waals surface area contributed by atoms with Gasteiger partial charge >= 0.3 is 0 Å². The highest BCUT2D eigenvalue weighted by molar-refractivity contribution is 7.95. The first-order valence-electron chi connectivity index (χ1n) is 14.4. The molecule has 2 fully saturated rings. The molecule has 13 heteroatoms. The summed E-state index contributed by atoms with van der Waals surface area (Å²) in [6.45, 7) is 8.02. The second-order valence-electron chi connectivity index (χ2n) is 11.1. The van der Waals surface area contributed by atoms with Crippen LogP contribution in [0, 0.1) is 6.92 Å². The smallest absolute Gasteiger partial charge is 0.229 e. The van der Waals surface area contributed by atoms with Gasteiger partial charge < -0.3 is 31.1 Å². The molecule has 0 bridgehead atoms. The van der Waals surface area contributed by atoms with E-state index < -0.39 is 15.1 Å². The van der Waals surface area contributed by atoms with E-state index in [2.05, 4.69) is 49.6 Å². The van der Waals surface area contributed by atoms with Gasteiger partial charge in [0.05, 0.1) is 35.5 Å². The van der Waals surface area contributed by atoms with Crippen LogP contribution in [0.15, 0.2) is 34.0 Å². The fraction of sp³-hybridized carbons (Fsp3) is 0.552. The predicted molar refractivity (Wildman–Crippen MR) is 169 cm³/mol. The first-order chi connectivity index (χ1) is 20.0. The lowest BCUT2D eigenvalue weighted by Gasteiger charge is -2.33. The molecule has 1 saturated heterocycles. The molecule has 0 atom stereocenters. The monoisotopic (exact) mass is 619 g/mol. The van der Waals surface area contributed by atoms with Crippen LogP contribution in [0.1, 0.15) is 63.0 Å². The summed E-state index contributed by atoms with van der Waals surface area (Å²) in [6, 6.07) is 4.21. The van der Waals surface area contributed by atoms with Crippen molar-refractivity contribution in [3.8, 4) is 5.75 Å². The number of halogens is 1. The Hall–Kier alpha value is -2.93. The van der Waals surface area contributed by atoms with Crippen molar-refractivity contribution in [2.24, 2.45) is 10.7 Å². The van der Waals surface area contributed by atoms with Gasteiger partial charge in [0.1, 0.15) is 10.8 Å². The van der Waals surface area contributed by atoms with E-state index in [0.29, 0.717) is 12.5 Å². The number of aryl methyl sites for hydroxylation is 1. The molecule has 0 radical (unpaired) electrons. The highest BCUT2D eigenvalue weighted by atomic mass is 35.5. The number of hydrogen-bond donors (Lipinski definition) is 4. The molecule has 230 valence electrons. The Morgan fingerprint density at radius 2 is 2.00 bits per heavy atom. The third-order valence-corrected chi connectivity index (χ3v) is 10.2. The van der Waals surface area contributed by atoms with Crippen LogP contribution in [0.5, 0.6) is 5.75 Å². The van der Waals surface area contributed by atoms with Crippen molar-refractivity contribution in [2.45, 2.75) is 70.1 Å². The highest BCUT2D eigenvalue weighted by Crippen LogP contribution is 2.39.